The monoisotopic (exact) mass is 662 g/mol. The highest BCUT2D eigenvalue weighted by Gasteiger charge is 2.26. The molecule has 2 aromatic heterocycles. The minimum absolute atomic E-state index is 0.121. The van der Waals surface area contributed by atoms with Crippen LogP contribution < -0.4 is 0 Å². The molecule has 0 fully saturated rings. The number of carbonyl (C=O) groups is 2. The van der Waals surface area contributed by atoms with E-state index in [9.17, 15) is 18.0 Å². The Morgan fingerprint density at radius 2 is 1.48 bits per heavy atom. The Kier molecular flexibility index (Phi) is 8.47. The summed E-state index contributed by atoms with van der Waals surface area (Å²) in [5.41, 5.74) is 6.42. The van der Waals surface area contributed by atoms with Gasteiger partial charge in [-0.05, 0) is 86.7 Å². The van der Waals surface area contributed by atoms with Crippen LogP contribution in [0.3, 0.4) is 0 Å². The number of fused-ring (bicyclic) bond motifs is 1. The molecule has 48 heavy (non-hydrogen) atoms. The third-order valence-electron chi connectivity index (χ3n) is 8.19. The Hall–Kier alpha value is -5.22. The maximum Gasteiger partial charge on any atom is 0.414 e. The molecule has 10 heteroatoms. The van der Waals surface area contributed by atoms with Crippen LogP contribution in [0.1, 0.15) is 48.7 Å². The zero-order chi connectivity index (χ0) is 34.4. The number of hydrogen-bond acceptors (Lipinski definition) is 6. The van der Waals surface area contributed by atoms with E-state index in [4.69, 9.17) is 9.72 Å². The number of ether oxygens (including phenoxy) is 1. The predicted octanol–water partition coefficient (Wildman–Crippen LogP) is 7.60. The molecule has 6 rings (SSSR count). The Morgan fingerprint density at radius 3 is 2.10 bits per heavy atom. The normalized spacial score (nSPS) is 13.5. The molecule has 0 atom stereocenters. The third kappa shape index (κ3) is 6.48. The standard InChI is InChI=1S/C38H38N4O5S/c1-25-7-17-32(18-8-25)48(45,46)42-24-34(28-13-15-29(16-14-28)36(43)40(5)6)33-21-31(22-39-35(33)42)27-11-9-26(10-12-27)30-19-20-41(23-30)37(44)47-38(2,3)4/h7-18,21-24H,19-20H2,1-6H3. The van der Waals surface area contributed by atoms with Crippen LogP contribution >= 0.6 is 0 Å². The fraction of sp³-hybridized carbons (Fsp3) is 0.237. The SMILES string of the molecule is Cc1ccc(S(=O)(=O)n2cc(-c3ccc(C(=O)N(C)C)cc3)c3cc(-c4ccc(C5=CN(C(=O)OC(C)(C)C)CC5)cc4)cnc32)cc1. The summed E-state index contributed by atoms with van der Waals surface area (Å²) in [6, 6.07) is 23.8. The number of aryl methyl sites for hydroxylation is 1. The molecule has 1 aliphatic heterocycles. The van der Waals surface area contributed by atoms with Crippen LogP contribution in [0.5, 0.6) is 0 Å². The van der Waals surface area contributed by atoms with E-state index in [0.717, 1.165) is 39.8 Å². The molecular weight excluding hydrogens is 625 g/mol. The molecule has 1 aliphatic rings. The van der Waals surface area contributed by atoms with Crippen molar-refractivity contribution in [1.29, 1.82) is 0 Å². The van der Waals surface area contributed by atoms with Gasteiger partial charge in [0.05, 0.1) is 4.90 Å². The molecule has 0 N–H and O–H groups in total. The van der Waals surface area contributed by atoms with E-state index in [1.807, 2.05) is 76.4 Å². The molecule has 0 aliphatic carbocycles. The van der Waals surface area contributed by atoms with Crippen molar-refractivity contribution in [3.8, 4) is 22.3 Å². The lowest BCUT2D eigenvalue weighted by Crippen LogP contribution is -2.32. The maximum absolute atomic E-state index is 13.9. The van der Waals surface area contributed by atoms with E-state index in [-0.39, 0.29) is 16.9 Å². The molecule has 0 unspecified atom stereocenters. The van der Waals surface area contributed by atoms with Crippen molar-refractivity contribution in [3.05, 3.63) is 114 Å². The van der Waals surface area contributed by atoms with Gasteiger partial charge in [-0.2, -0.15) is 0 Å². The van der Waals surface area contributed by atoms with Gasteiger partial charge in [0.1, 0.15) is 5.60 Å². The molecule has 0 spiro atoms. The topological polar surface area (TPSA) is 102 Å². The highest BCUT2D eigenvalue weighted by atomic mass is 32.2. The Morgan fingerprint density at radius 1 is 0.854 bits per heavy atom. The lowest BCUT2D eigenvalue weighted by Gasteiger charge is -2.23. The lowest BCUT2D eigenvalue weighted by atomic mass is 9.99. The van der Waals surface area contributed by atoms with E-state index >= 15 is 0 Å². The summed E-state index contributed by atoms with van der Waals surface area (Å²) in [6.07, 6.45) is 5.49. The quantitative estimate of drug-likeness (QED) is 0.186. The summed E-state index contributed by atoms with van der Waals surface area (Å²) in [7, 11) is -0.571. The molecule has 2 amide bonds. The van der Waals surface area contributed by atoms with Gasteiger partial charge >= 0.3 is 6.09 Å². The molecule has 0 saturated heterocycles. The number of hydrogen-bond donors (Lipinski definition) is 0. The number of nitrogens with zero attached hydrogens (tertiary/aromatic N) is 4. The van der Waals surface area contributed by atoms with Crippen LogP contribution in [0.15, 0.2) is 102 Å². The van der Waals surface area contributed by atoms with Crippen LogP contribution in [-0.2, 0) is 14.8 Å². The summed E-state index contributed by atoms with van der Waals surface area (Å²) in [5, 5.41) is 0.658. The Bertz CT molecular complexity index is 2160. The first-order chi connectivity index (χ1) is 22.7. The van der Waals surface area contributed by atoms with E-state index in [1.165, 1.54) is 8.87 Å². The molecule has 9 nitrogen and oxygen atoms in total. The minimum Gasteiger partial charge on any atom is -0.443 e. The highest BCUT2D eigenvalue weighted by Crippen LogP contribution is 2.36. The number of benzene rings is 3. The molecule has 5 aromatic rings. The van der Waals surface area contributed by atoms with Crippen molar-refractivity contribution in [2.24, 2.45) is 0 Å². The Balaban J connectivity index is 1.39. The van der Waals surface area contributed by atoms with Gasteiger partial charge < -0.3 is 9.64 Å². The van der Waals surface area contributed by atoms with Gasteiger partial charge in [0, 0.05) is 61.3 Å². The number of rotatable bonds is 6. The smallest absolute Gasteiger partial charge is 0.414 e. The van der Waals surface area contributed by atoms with Crippen molar-refractivity contribution in [2.75, 3.05) is 20.6 Å². The first kappa shape index (κ1) is 32.7. The fourth-order valence-corrected chi connectivity index (χ4v) is 6.97. The van der Waals surface area contributed by atoms with E-state index < -0.39 is 15.6 Å². The number of carbonyl (C=O) groups excluding carboxylic acids is 2. The number of pyridine rings is 1. The predicted molar refractivity (Wildman–Crippen MR) is 188 cm³/mol. The van der Waals surface area contributed by atoms with Crippen molar-refractivity contribution in [1.82, 2.24) is 18.8 Å². The van der Waals surface area contributed by atoms with Crippen molar-refractivity contribution < 1.29 is 22.7 Å². The second-order valence-corrected chi connectivity index (χ2v) is 15.0. The second-order valence-electron chi connectivity index (χ2n) is 13.2. The van der Waals surface area contributed by atoms with Gasteiger partial charge in [0.25, 0.3) is 15.9 Å². The maximum atomic E-state index is 13.9. The summed E-state index contributed by atoms with van der Waals surface area (Å²) in [4.78, 5) is 33.0. The van der Waals surface area contributed by atoms with Crippen LogP contribution in [-0.4, -0.2) is 65.4 Å². The van der Waals surface area contributed by atoms with Gasteiger partial charge in [-0.1, -0.05) is 54.1 Å². The van der Waals surface area contributed by atoms with Crippen LogP contribution in [0.25, 0.3) is 38.9 Å². The molecule has 3 aromatic carbocycles. The first-order valence-electron chi connectivity index (χ1n) is 15.7. The molecule has 3 heterocycles. The highest BCUT2D eigenvalue weighted by molar-refractivity contribution is 7.90. The molecule has 0 bridgehead atoms. The average molecular weight is 663 g/mol. The third-order valence-corrected chi connectivity index (χ3v) is 9.85. The van der Waals surface area contributed by atoms with Gasteiger partial charge in [-0.3, -0.25) is 9.69 Å². The summed E-state index contributed by atoms with van der Waals surface area (Å²) in [5.74, 6) is -0.121. The van der Waals surface area contributed by atoms with Gasteiger partial charge in [0.15, 0.2) is 5.65 Å². The van der Waals surface area contributed by atoms with Crippen LogP contribution in [0.4, 0.5) is 4.79 Å². The second kappa shape index (κ2) is 12.4. The summed E-state index contributed by atoms with van der Waals surface area (Å²) in [6.45, 7) is 8.01. The van der Waals surface area contributed by atoms with Crippen LogP contribution in [0.2, 0.25) is 0 Å². The Labute approximate surface area is 281 Å². The van der Waals surface area contributed by atoms with Crippen molar-refractivity contribution in [2.45, 2.75) is 44.6 Å². The van der Waals surface area contributed by atoms with Gasteiger partial charge in [0.2, 0.25) is 0 Å². The average Bonchev–Trinajstić information content (AvgIpc) is 3.70. The fourth-order valence-electron chi connectivity index (χ4n) is 5.64. The van der Waals surface area contributed by atoms with E-state index in [1.54, 1.807) is 67.8 Å². The zero-order valence-electron chi connectivity index (χ0n) is 27.9. The van der Waals surface area contributed by atoms with Crippen LogP contribution in [0, 0.1) is 6.92 Å². The zero-order valence-corrected chi connectivity index (χ0v) is 28.7. The molecule has 246 valence electrons. The minimum atomic E-state index is -3.97. The lowest BCUT2D eigenvalue weighted by molar-refractivity contribution is 0.0349. The van der Waals surface area contributed by atoms with Gasteiger partial charge in [-0.25, -0.2) is 22.2 Å². The molecule has 0 saturated carbocycles. The largest absolute Gasteiger partial charge is 0.443 e. The molecule has 0 radical (unpaired) electrons. The molecular formula is C38H38N4O5S. The van der Waals surface area contributed by atoms with E-state index in [2.05, 4.69) is 0 Å². The first-order valence-corrected chi connectivity index (χ1v) is 17.1. The number of amides is 2. The van der Waals surface area contributed by atoms with Gasteiger partial charge in [-0.15, -0.1) is 0 Å². The summed E-state index contributed by atoms with van der Waals surface area (Å²) < 4.78 is 34.6. The number of aromatic nitrogens is 2. The van der Waals surface area contributed by atoms with Crippen molar-refractivity contribution >= 4 is 38.6 Å². The van der Waals surface area contributed by atoms with Crippen molar-refractivity contribution in [3.63, 3.8) is 0 Å². The summed E-state index contributed by atoms with van der Waals surface area (Å²) >= 11 is 0. The van der Waals surface area contributed by atoms with E-state index in [0.29, 0.717) is 28.7 Å².